The van der Waals surface area contributed by atoms with Crippen LogP contribution in [0.25, 0.3) is 0 Å². The van der Waals surface area contributed by atoms with Crippen molar-refractivity contribution in [2.24, 2.45) is 0 Å². The molecule has 0 unspecified atom stereocenters. The number of halogens is 3. The number of benzene rings is 3. The normalized spacial score (nSPS) is 12.4. The third kappa shape index (κ3) is 7.58. The van der Waals surface area contributed by atoms with E-state index in [0.717, 1.165) is 24.0 Å². The summed E-state index contributed by atoms with van der Waals surface area (Å²) in [7, 11) is -2.75. The Hall–Kier alpha value is -3.86. The van der Waals surface area contributed by atoms with E-state index in [2.05, 4.69) is 5.32 Å². The molecular formula is C27H28F3N3O4S. The molecule has 11 heteroatoms. The summed E-state index contributed by atoms with van der Waals surface area (Å²) in [5, 5.41) is 2.56. The second-order valence-corrected chi connectivity index (χ2v) is 10.6. The van der Waals surface area contributed by atoms with Crippen molar-refractivity contribution in [3.8, 4) is 0 Å². The summed E-state index contributed by atoms with van der Waals surface area (Å²) in [5.41, 5.74) is 0.0945. The Balaban J connectivity index is 2.03. The largest absolute Gasteiger partial charge is 0.416 e. The molecule has 0 saturated carbocycles. The maximum absolute atomic E-state index is 13.7. The van der Waals surface area contributed by atoms with E-state index >= 15 is 0 Å². The predicted molar refractivity (Wildman–Crippen MR) is 139 cm³/mol. The average molecular weight is 548 g/mol. The number of nitrogens with zero attached hydrogens (tertiary/aromatic N) is 2. The van der Waals surface area contributed by atoms with Gasteiger partial charge in [-0.25, -0.2) is 8.42 Å². The molecule has 38 heavy (non-hydrogen) atoms. The predicted octanol–water partition coefficient (Wildman–Crippen LogP) is 3.86. The van der Waals surface area contributed by atoms with Gasteiger partial charge in [0.2, 0.25) is 21.8 Å². The Bertz CT molecular complexity index is 1350. The van der Waals surface area contributed by atoms with Crippen molar-refractivity contribution in [2.75, 3.05) is 24.2 Å². The van der Waals surface area contributed by atoms with Crippen LogP contribution in [-0.2, 0) is 38.8 Å². The molecule has 0 aliphatic rings. The number of hydrogen-bond donors (Lipinski definition) is 1. The highest BCUT2D eigenvalue weighted by atomic mass is 32.2. The van der Waals surface area contributed by atoms with Crippen LogP contribution < -0.4 is 9.62 Å². The third-order valence-electron chi connectivity index (χ3n) is 5.85. The van der Waals surface area contributed by atoms with Gasteiger partial charge in [0.25, 0.3) is 0 Å². The summed E-state index contributed by atoms with van der Waals surface area (Å²) < 4.78 is 65.9. The molecule has 0 fully saturated rings. The minimum atomic E-state index is -4.71. The number of likely N-dealkylation sites (N-methyl/N-ethyl adjacent to an activating group) is 1. The lowest BCUT2D eigenvalue weighted by atomic mass is 10.0. The monoisotopic (exact) mass is 547 g/mol. The number of hydrogen-bond acceptors (Lipinski definition) is 4. The van der Waals surface area contributed by atoms with Gasteiger partial charge < -0.3 is 10.2 Å². The summed E-state index contributed by atoms with van der Waals surface area (Å²) in [6, 6.07) is 20.5. The fourth-order valence-corrected chi connectivity index (χ4v) is 4.79. The van der Waals surface area contributed by atoms with Crippen LogP contribution in [0.1, 0.15) is 16.7 Å². The van der Waals surface area contributed by atoms with Crippen molar-refractivity contribution in [2.45, 2.75) is 25.2 Å². The topological polar surface area (TPSA) is 86.8 Å². The molecule has 0 bridgehead atoms. The molecule has 0 aliphatic heterocycles. The van der Waals surface area contributed by atoms with Gasteiger partial charge in [-0.05, 0) is 29.3 Å². The number of amides is 2. The van der Waals surface area contributed by atoms with Gasteiger partial charge in [0.1, 0.15) is 12.6 Å². The van der Waals surface area contributed by atoms with Crippen LogP contribution in [0.2, 0.25) is 0 Å². The zero-order chi connectivity index (χ0) is 27.9. The quantitative estimate of drug-likeness (QED) is 0.418. The molecule has 0 radical (unpaired) electrons. The van der Waals surface area contributed by atoms with Crippen LogP contribution in [0, 0.1) is 0 Å². The lowest BCUT2D eigenvalue weighted by molar-refractivity contribution is -0.139. The van der Waals surface area contributed by atoms with E-state index in [9.17, 15) is 31.2 Å². The van der Waals surface area contributed by atoms with E-state index in [-0.39, 0.29) is 18.7 Å². The van der Waals surface area contributed by atoms with Crippen LogP contribution in [0.3, 0.4) is 0 Å². The first-order valence-electron chi connectivity index (χ1n) is 11.6. The summed E-state index contributed by atoms with van der Waals surface area (Å²) in [4.78, 5) is 28.0. The second-order valence-electron chi connectivity index (χ2n) is 8.64. The first kappa shape index (κ1) is 28.7. The lowest BCUT2D eigenvalue weighted by Gasteiger charge is -2.33. The number of anilines is 1. The van der Waals surface area contributed by atoms with Crippen molar-refractivity contribution >= 4 is 27.5 Å². The van der Waals surface area contributed by atoms with Gasteiger partial charge in [-0.1, -0.05) is 66.7 Å². The van der Waals surface area contributed by atoms with Gasteiger partial charge >= 0.3 is 6.18 Å². The van der Waals surface area contributed by atoms with E-state index in [1.165, 1.54) is 18.0 Å². The molecule has 3 aromatic rings. The van der Waals surface area contributed by atoms with Gasteiger partial charge in [-0.2, -0.15) is 13.2 Å². The average Bonchev–Trinajstić information content (AvgIpc) is 2.88. The number of sulfonamides is 1. The molecule has 0 heterocycles. The van der Waals surface area contributed by atoms with Crippen molar-refractivity contribution in [1.82, 2.24) is 10.2 Å². The molecule has 0 aliphatic carbocycles. The fourth-order valence-electron chi connectivity index (χ4n) is 3.95. The zero-order valence-electron chi connectivity index (χ0n) is 20.9. The van der Waals surface area contributed by atoms with E-state index in [1.54, 1.807) is 54.6 Å². The molecule has 1 atom stereocenters. The van der Waals surface area contributed by atoms with Gasteiger partial charge in [0.15, 0.2) is 0 Å². The van der Waals surface area contributed by atoms with Crippen molar-refractivity contribution in [1.29, 1.82) is 0 Å². The highest BCUT2D eigenvalue weighted by molar-refractivity contribution is 7.92. The van der Waals surface area contributed by atoms with Gasteiger partial charge in [0, 0.05) is 20.0 Å². The molecule has 2 amide bonds. The summed E-state index contributed by atoms with van der Waals surface area (Å²) in [5.74, 6) is -1.22. The second kappa shape index (κ2) is 12.1. The number of carbonyl (C=O) groups excluding carboxylic acids is 2. The minimum Gasteiger partial charge on any atom is -0.357 e. The third-order valence-corrected chi connectivity index (χ3v) is 6.99. The number of carbonyl (C=O) groups is 2. The Morgan fingerprint density at radius 1 is 0.895 bits per heavy atom. The first-order valence-corrected chi connectivity index (χ1v) is 13.5. The summed E-state index contributed by atoms with van der Waals surface area (Å²) >= 11 is 0. The number of rotatable bonds is 10. The van der Waals surface area contributed by atoms with Crippen LogP contribution in [0.15, 0.2) is 84.9 Å². The summed E-state index contributed by atoms with van der Waals surface area (Å²) in [6.07, 6.45) is -3.76. The van der Waals surface area contributed by atoms with E-state index in [0.29, 0.717) is 15.9 Å². The Labute approximate surface area is 219 Å². The molecule has 1 N–H and O–H groups in total. The molecule has 0 spiro atoms. The molecule has 202 valence electrons. The smallest absolute Gasteiger partial charge is 0.357 e. The standard InChI is InChI=1S/C27H28F3N3O4S/c1-31-26(35)24(16-20-10-5-3-6-11-20)32(18-21-12-7-4-8-13-21)25(34)19-33(38(2,36)37)23-15-9-14-22(17-23)27(28,29)30/h3-15,17,24H,16,18-19H2,1-2H3,(H,31,35)/t24-/m0/s1. The Morgan fingerprint density at radius 3 is 2.00 bits per heavy atom. The molecule has 3 rings (SSSR count). The zero-order valence-corrected chi connectivity index (χ0v) is 21.7. The van der Waals surface area contributed by atoms with E-state index in [1.807, 2.05) is 6.07 Å². The highest BCUT2D eigenvalue weighted by Crippen LogP contribution is 2.32. The van der Waals surface area contributed by atoms with Crippen molar-refractivity contribution in [3.63, 3.8) is 0 Å². The Kier molecular flexibility index (Phi) is 9.16. The Morgan fingerprint density at radius 2 is 1.47 bits per heavy atom. The van der Waals surface area contributed by atoms with Crippen LogP contribution in [0.4, 0.5) is 18.9 Å². The SMILES string of the molecule is CNC(=O)[C@H](Cc1ccccc1)N(Cc1ccccc1)C(=O)CN(c1cccc(C(F)(F)F)c1)S(C)(=O)=O. The fraction of sp³-hybridized carbons (Fsp3) is 0.259. The van der Waals surface area contributed by atoms with Gasteiger partial charge in [-0.3, -0.25) is 13.9 Å². The molecular weight excluding hydrogens is 519 g/mol. The van der Waals surface area contributed by atoms with Crippen LogP contribution in [-0.4, -0.2) is 51.0 Å². The maximum Gasteiger partial charge on any atom is 0.416 e. The van der Waals surface area contributed by atoms with Gasteiger partial charge in [0.05, 0.1) is 17.5 Å². The first-order chi connectivity index (χ1) is 17.9. The van der Waals surface area contributed by atoms with Gasteiger partial charge in [-0.15, -0.1) is 0 Å². The number of nitrogens with one attached hydrogen (secondary N) is 1. The van der Waals surface area contributed by atoms with Crippen molar-refractivity contribution < 1.29 is 31.2 Å². The van der Waals surface area contributed by atoms with E-state index in [4.69, 9.17) is 0 Å². The van der Waals surface area contributed by atoms with Crippen molar-refractivity contribution in [3.05, 3.63) is 102 Å². The minimum absolute atomic E-state index is 0.0230. The molecule has 3 aromatic carbocycles. The summed E-state index contributed by atoms with van der Waals surface area (Å²) in [6.45, 7) is -0.819. The van der Waals surface area contributed by atoms with Crippen LogP contribution in [0.5, 0.6) is 0 Å². The van der Waals surface area contributed by atoms with Crippen LogP contribution >= 0.6 is 0 Å². The highest BCUT2D eigenvalue weighted by Gasteiger charge is 2.34. The maximum atomic E-state index is 13.7. The molecule has 0 aromatic heterocycles. The van der Waals surface area contributed by atoms with E-state index < -0.39 is 46.2 Å². The lowest BCUT2D eigenvalue weighted by Crippen LogP contribution is -2.52. The molecule has 7 nitrogen and oxygen atoms in total. The molecule has 0 saturated heterocycles. The number of alkyl halides is 3.